The third kappa shape index (κ3) is 4.57. The molecule has 0 aliphatic carbocycles. The maximum Gasteiger partial charge on any atom is 0.238 e. The quantitative estimate of drug-likeness (QED) is 0.254. The van der Waals surface area contributed by atoms with Gasteiger partial charge in [-0.3, -0.25) is 9.59 Å². The fourth-order valence-electron chi connectivity index (χ4n) is 5.91. The highest BCUT2D eigenvalue weighted by molar-refractivity contribution is 6.31. The number of methoxy groups -OCH3 is 1. The van der Waals surface area contributed by atoms with E-state index < -0.39 is 40.8 Å². The monoisotopic (exact) mass is 594 g/mol. The average molecular weight is 595 g/mol. The molecule has 6 rings (SSSR count). The molecule has 1 saturated heterocycles. The van der Waals surface area contributed by atoms with E-state index in [1.807, 2.05) is 0 Å². The smallest absolute Gasteiger partial charge is 0.238 e. The second kappa shape index (κ2) is 10.4. The minimum atomic E-state index is -1.62. The van der Waals surface area contributed by atoms with Gasteiger partial charge in [-0.15, -0.1) is 0 Å². The molecule has 4 aromatic carbocycles. The Labute approximate surface area is 244 Å². The van der Waals surface area contributed by atoms with Crippen molar-refractivity contribution in [1.82, 2.24) is 5.32 Å². The van der Waals surface area contributed by atoms with Crippen molar-refractivity contribution in [1.29, 1.82) is 0 Å². The summed E-state index contributed by atoms with van der Waals surface area (Å²) in [6, 6.07) is 18.3. The van der Waals surface area contributed by atoms with E-state index in [9.17, 15) is 14.0 Å². The molecule has 2 aliphatic heterocycles. The first-order chi connectivity index (χ1) is 19.7. The molecule has 3 atom stereocenters. The summed E-state index contributed by atoms with van der Waals surface area (Å²) in [7, 11) is 1.54. The van der Waals surface area contributed by atoms with Crippen molar-refractivity contribution in [3.63, 3.8) is 0 Å². The van der Waals surface area contributed by atoms with Crippen LogP contribution in [0.5, 0.6) is 17.2 Å². The van der Waals surface area contributed by atoms with Gasteiger partial charge >= 0.3 is 0 Å². The molecule has 2 N–H and O–H groups in total. The molecule has 10 heteroatoms. The number of amides is 2. The van der Waals surface area contributed by atoms with Crippen LogP contribution in [-0.4, -0.2) is 18.9 Å². The second-order valence-corrected chi connectivity index (χ2v) is 10.8. The maximum atomic E-state index is 15.5. The van der Waals surface area contributed by atoms with Gasteiger partial charge in [0.25, 0.3) is 0 Å². The Morgan fingerprint density at radius 2 is 1.56 bits per heavy atom. The number of nitrogens with one attached hydrogen (secondary N) is 2. The Morgan fingerprint density at radius 3 is 2.32 bits per heavy atom. The zero-order valence-corrected chi connectivity index (χ0v) is 23.0. The predicted molar refractivity (Wildman–Crippen MR) is 151 cm³/mol. The fourth-order valence-corrected chi connectivity index (χ4v) is 6.26. The molecule has 208 valence electrons. The van der Waals surface area contributed by atoms with Crippen LogP contribution in [0.25, 0.3) is 0 Å². The number of carbonyl (C=O) groups excluding carboxylic acids is 2. The lowest BCUT2D eigenvalue weighted by Gasteiger charge is -2.46. The van der Waals surface area contributed by atoms with Crippen molar-refractivity contribution < 1.29 is 27.8 Å². The molecule has 0 radical (unpaired) electrons. The van der Waals surface area contributed by atoms with Gasteiger partial charge in [0.15, 0.2) is 0 Å². The van der Waals surface area contributed by atoms with Crippen LogP contribution in [0.3, 0.4) is 0 Å². The van der Waals surface area contributed by atoms with E-state index in [4.69, 9.17) is 32.7 Å². The molecule has 0 aromatic heterocycles. The van der Waals surface area contributed by atoms with Crippen molar-refractivity contribution in [3.05, 3.63) is 117 Å². The fraction of sp³-hybridized carbons (Fsp3) is 0.161. The first-order valence-electron chi connectivity index (χ1n) is 12.7. The molecule has 0 bridgehead atoms. The SMILES string of the molecule is COc1ccc(Oc2ccc(F)cc2[C@H]2NC(=O)C[C@@H](c3cc(Cl)ccc3F)[C@]23C(=O)Nc2cc(Cl)ccc23)cc1. The van der Waals surface area contributed by atoms with Crippen molar-refractivity contribution in [2.24, 2.45) is 0 Å². The van der Waals surface area contributed by atoms with Crippen LogP contribution < -0.4 is 20.1 Å². The minimum Gasteiger partial charge on any atom is -0.497 e. The highest BCUT2D eigenvalue weighted by Crippen LogP contribution is 2.59. The molecule has 2 amide bonds. The van der Waals surface area contributed by atoms with E-state index in [1.165, 1.54) is 43.5 Å². The van der Waals surface area contributed by atoms with Gasteiger partial charge in [0.05, 0.1) is 13.2 Å². The Morgan fingerprint density at radius 1 is 0.854 bits per heavy atom. The average Bonchev–Trinajstić information content (AvgIpc) is 3.23. The van der Waals surface area contributed by atoms with E-state index in [0.717, 1.165) is 0 Å². The van der Waals surface area contributed by atoms with Crippen LogP contribution >= 0.6 is 23.2 Å². The number of anilines is 1. The molecular weight excluding hydrogens is 573 g/mol. The van der Waals surface area contributed by atoms with Crippen LogP contribution in [0, 0.1) is 11.6 Å². The van der Waals surface area contributed by atoms with Gasteiger partial charge in [-0.2, -0.15) is 0 Å². The molecule has 2 heterocycles. The molecule has 1 fully saturated rings. The molecule has 0 unspecified atom stereocenters. The highest BCUT2D eigenvalue weighted by atomic mass is 35.5. The van der Waals surface area contributed by atoms with Gasteiger partial charge in [0.1, 0.15) is 34.3 Å². The number of piperidine rings is 1. The second-order valence-electron chi connectivity index (χ2n) is 9.90. The lowest BCUT2D eigenvalue weighted by atomic mass is 9.59. The number of fused-ring (bicyclic) bond motifs is 2. The summed E-state index contributed by atoms with van der Waals surface area (Å²) in [6.07, 6.45) is -0.229. The summed E-state index contributed by atoms with van der Waals surface area (Å²) < 4.78 is 41.8. The van der Waals surface area contributed by atoms with Crippen LogP contribution in [0.1, 0.15) is 35.1 Å². The summed E-state index contributed by atoms with van der Waals surface area (Å²) >= 11 is 12.5. The zero-order chi connectivity index (χ0) is 28.9. The van der Waals surface area contributed by atoms with E-state index in [2.05, 4.69) is 10.6 Å². The molecule has 1 spiro atoms. The molecule has 4 aromatic rings. The lowest BCUT2D eigenvalue weighted by Crippen LogP contribution is -2.57. The molecular formula is C31H22Cl2F2N2O4. The number of benzene rings is 4. The standard InChI is InChI=1S/C31H22Cl2F2N2O4/c1-40-19-5-7-20(8-6-19)41-27-11-4-18(34)14-22(27)29-31(23-9-2-17(33)13-26(23)36-30(31)39)24(15-28(38)37-29)21-12-16(32)3-10-25(21)35/h2-14,24,29H,15H2,1H3,(H,36,39)(H,37,38)/t24-,29+,31-/m0/s1. The third-order valence-corrected chi connectivity index (χ3v) is 8.12. The van der Waals surface area contributed by atoms with Gasteiger partial charge < -0.3 is 20.1 Å². The lowest BCUT2D eigenvalue weighted by molar-refractivity contribution is -0.131. The third-order valence-electron chi connectivity index (χ3n) is 7.65. The number of hydrogen-bond donors (Lipinski definition) is 2. The molecule has 2 aliphatic rings. The number of halogens is 4. The van der Waals surface area contributed by atoms with Crippen LogP contribution in [-0.2, 0) is 15.0 Å². The van der Waals surface area contributed by atoms with Crippen molar-refractivity contribution in [3.8, 4) is 17.2 Å². The Bertz CT molecular complexity index is 1700. The molecule has 41 heavy (non-hydrogen) atoms. The normalized spacial score (nSPS) is 21.3. The van der Waals surface area contributed by atoms with Gasteiger partial charge in [-0.25, -0.2) is 8.78 Å². The van der Waals surface area contributed by atoms with Crippen LogP contribution in [0.15, 0.2) is 78.9 Å². The molecule has 6 nitrogen and oxygen atoms in total. The Kier molecular flexibility index (Phi) is 6.83. The van der Waals surface area contributed by atoms with E-state index >= 15 is 4.39 Å². The number of ether oxygens (including phenoxy) is 2. The molecule has 0 saturated carbocycles. The zero-order valence-electron chi connectivity index (χ0n) is 21.5. The van der Waals surface area contributed by atoms with E-state index in [-0.39, 0.29) is 28.3 Å². The van der Waals surface area contributed by atoms with E-state index in [1.54, 1.807) is 42.5 Å². The van der Waals surface area contributed by atoms with Gasteiger partial charge in [-0.05, 0) is 83.9 Å². The van der Waals surface area contributed by atoms with E-state index in [0.29, 0.717) is 27.8 Å². The van der Waals surface area contributed by atoms with Crippen LogP contribution in [0.2, 0.25) is 10.0 Å². The predicted octanol–water partition coefficient (Wildman–Crippen LogP) is 7.31. The van der Waals surface area contributed by atoms with Crippen LogP contribution in [0.4, 0.5) is 14.5 Å². The summed E-state index contributed by atoms with van der Waals surface area (Å²) in [6.45, 7) is 0. The Hall–Kier alpha value is -4.14. The number of rotatable bonds is 5. The summed E-state index contributed by atoms with van der Waals surface area (Å²) in [5.41, 5.74) is -0.458. The topological polar surface area (TPSA) is 76.7 Å². The Balaban J connectivity index is 1.59. The van der Waals surface area contributed by atoms with Gasteiger partial charge in [0.2, 0.25) is 11.8 Å². The van der Waals surface area contributed by atoms with Crippen molar-refractivity contribution >= 4 is 40.7 Å². The first-order valence-corrected chi connectivity index (χ1v) is 13.4. The van der Waals surface area contributed by atoms with Gasteiger partial charge in [-0.1, -0.05) is 29.3 Å². The van der Waals surface area contributed by atoms with Crippen molar-refractivity contribution in [2.75, 3.05) is 12.4 Å². The minimum absolute atomic E-state index is 0.0873. The largest absolute Gasteiger partial charge is 0.497 e. The summed E-state index contributed by atoms with van der Waals surface area (Å²) in [5, 5.41) is 6.38. The first kappa shape index (κ1) is 27.1. The van der Waals surface area contributed by atoms with Crippen molar-refractivity contribution in [2.45, 2.75) is 23.8 Å². The number of carbonyl (C=O) groups is 2. The van der Waals surface area contributed by atoms with Gasteiger partial charge in [0, 0.05) is 33.6 Å². The maximum absolute atomic E-state index is 15.5. The number of hydrogen-bond acceptors (Lipinski definition) is 4. The summed E-state index contributed by atoms with van der Waals surface area (Å²) in [4.78, 5) is 27.5. The summed E-state index contributed by atoms with van der Waals surface area (Å²) in [5.74, 6) is -2.00. The highest BCUT2D eigenvalue weighted by Gasteiger charge is 2.62.